The Kier molecular flexibility index (Phi) is 16.4. The first-order valence-corrected chi connectivity index (χ1v) is 17.7. The van der Waals surface area contributed by atoms with Crippen LogP contribution in [0.4, 0.5) is 8.78 Å². The minimum Gasteiger partial charge on any atom is -0.473 e. The molecule has 0 atom stereocenters. The molecule has 6 rings (SSSR count). The number of nitriles is 2. The number of benzene rings is 2. The van der Waals surface area contributed by atoms with Crippen LogP contribution in [0, 0.1) is 72.3 Å². The number of terminal acetylenes is 1. The summed E-state index contributed by atoms with van der Waals surface area (Å²) < 4.78 is 52.4. The first-order valence-electron chi connectivity index (χ1n) is 16.9. The van der Waals surface area contributed by atoms with Crippen molar-refractivity contribution in [2.75, 3.05) is 40.6 Å². The Bertz CT molecular complexity index is 2460. The summed E-state index contributed by atoms with van der Waals surface area (Å²) in [6.45, 7) is 4.93. The van der Waals surface area contributed by atoms with E-state index in [-0.39, 0.29) is 23.6 Å². The molecule has 0 saturated heterocycles. The minimum atomic E-state index is -0.521. The zero-order valence-corrected chi connectivity index (χ0v) is 32.9. The van der Waals surface area contributed by atoms with Gasteiger partial charge < -0.3 is 18.9 Å². The number of halogens is 3. The molecule has 0 unspecified atom stereocenters. The van der Waals surface area contributed by atoms with Gasteiger partial charge in [0.15, 0.2) is 0 Å². The molecule has 15 heteroatoms. The van der Waals surface area contributed by atoms with Crippen LogP contribution < -0.4 is 9.47 Å². The van der Waals surface area contributed by atoms with Gasteiger partial charge in [-0.2, -0.15) is 10.5 Å². The van der Waals surface area contributed by atoms with Gasteiger partial charge in [0.1, 0.15) is 46.3 Å². The number of rotatable bonds is 10. The van der Waals surface area contributed by atoms with Gasteiger partial charge in [0.05, 0.1) is 59.2 Å². The highest BCUT2D eigenvalue weighted by molar-refractivity contribution is 9.10. The van der Waals surface area contributed by atoms with E-state index in [4.69, 9.17) is 35.9 Å². The van der Waals surface area contributed by atoms with Crippen molar-refractivity contribution in [1.82, 2.24) is 29.5 Å². The lowest BCUT2D eigenvalue weighted by Gasteiger charge is -2.05. The highest BCUT2D eigenvalue weighted by Crippen LogP contribution is 2.26. The average molecular weight is 834 g/mol. The Balaban J connectivity index is 0.000000220. The summed E-state index contributed by atoms with van der Waals surface area (Å²) in [5.41, 5.74) is 4.17. The van der Waals surface area contributed by atoms with Crippen LogP contribution in [-0.4, -0.2) is 70.2 Å². The van der Waals surface area contributed by atoms with E-state index < -0.39 is 11.6 Å². The molecule has 0 saturated carbocycles. The van der Waals surface area contributed by atoms with Gasteiger partial charge >= 0.3 is 0 Å². The highest BCUT2D eigenvalue weighted by atomic mass is 79.9. The van der Waals surface area contributed by atoms with Gasteiger partial charge in [0.2, 0.25) is 11.8 Å². The van der Waals surface area contributed by atoms with Crippen LogP contribution in [0.15, 0.2) is 89.8 Å². The number of hydrogen-bond donors (Lipinski definition) is 0. The van der Waals surface area contributed by atoms with Crippen molar-refractivity contribution in [3.63, 3.8) is 0 Å². The zero-order chi connectivity index (χ0) is 41.2. The lowest BCUT2D eigenvalue weighted by atomic mass is 10.2. The highest BCUT2D eigenvalue weighted by Gasteiger charge is 2.18. The normalized spacial score (nSPS) is 9.89. The van der Waals surface area contributed by atoms with Gasteiger partial charge in [-0.25, -0.2) is 28.1 Å². The summed E-state index contributed by atoms with van der Waals surface area (Å²) >= 11 is 3.20. The molecule has 0 fully saturated rings. The molecule has 6 aromatic rings. The first-order chi connectivity index (χ1) is 27.6. The SMILES string of the molecule is Brc1ccccn1.C#Cc1c(OCCOC)nn(-c2cc(F)cc(C#N)c2)c1C.COCCOc1nn(-c2cc(F)cc(C#N)c2)c(C)c1C#Cc1ccccn1. The maximum Gasteiger partial charge on any atom is 0.249 e. The number of pyridine rings is 2. The molecule has 0 radical (unpaired) electrons. The number of hydrogen-bond acceptors (Lipinski definition) is 10. The van der Waals surface area contributed by atoms with E-state index >= 15 is 0 Å². The van der Waals surface area contributed by atoms with Crippen molar-refractivity contribution >= 4 is 15.9 Å². The maximum absolute atomic E-state index is 13.9. The molecule has 0 N–H and O–H groups in total. The van der Waals surface area contributed by atoms with Crippen molar-refractivity contribution in [2.24, 2.45) is 0 Å². The van der Waals surface area contributed by atoms with Crippen LogP contribution in [0.1, 0.15) is 39.3 Å². The maximum atomic E-state index is 13.9. The summed E-state index contributed by atoms with van der Waals surface area (Å²) in [5.74, 6) is 8.08. The molecule has 0 amide bonds. The molecular formula is C42H35BrF2N8O4. The summed E-state index contributed by atoms with van der Waals surface area (Å²) in [6.07, 6.45) is 8.89. The molecule has 12 nitrogen and oxygen atoms in total. The quantitative estimate of drug-likeness (QED) is 0.0800. The Morgan fingerprint density at radius 2 is 1.19 bits per heavy atom. The summed E-state index contributed by atoms with van der Waals surface area (Å²) in [4.78, 5) is 8.08. The van der Waals surface area contributed by atoms with E-state index in [0.717, 1.165) is 10.7 Å². The Labute approximate surface area is 337 Å². The second-order valence-electron chi connectivity index (χ2n) is 11.4. The van der Waals surface area contributed by atoms with Crippen LogP contribution in [0.3, 0.4) is 0 Å². The molecule has 0 bridgehead atoms. The van der Waals surface area contributed by atoms with E-state index in [2.05, 4.69) is 53.9 Å². The van der Waals surface area contributed by atoms with Gasteiger partial charge in [0, 0.05) is 26.6 Å². The van der Waals surface area contributed by atoms with Crippen LogP contribution >= 0.6 is 15.9 Å². The Hall–Kier alpha value is -6.88. The zero-order valence-electron chi connectivity index (χ0n) is 31.3. The summed E-state index contributed by atoms with van der Waals surface area (Å²) in [6, 6.07) is 23.0. The van der Waals surface area contributed by atoms with Crippen LogP contribution in [0.2, 0.25) is 0 Å². The van der Waals surface area contributed by atoms with Crippen molar-refractivity contribution in [3.8, 4) is 59.5 Å². The number of aromatic nitrogens is 6. The molecule has 0 aliphatic carbocycles. The van der Waals surface area contributed by atoms with Crippen molar-refractivity contribution < 1.29 is 27.7 Å². The average Bonchev–Trinajstić information content (AvgIpc) is 3.71. The fourth-order valence-electron chi connectivity index (χ4n) is 4.84. The second kappa shape index (κ2) is 21.9. The largest absolute Gasteiger partial charge is 0.473 e. The van der Waals surface area contributed by atoms with E-state index in [0.29, 0.717) is 65.3 Å². The third kappa shape index (κ3) is 12.3. The molecule has 0 aliphatic heterocycles. The lowest BCUT2D eigenvalue weighted by Crippen LogP contribution is -2.06. The number of nitrogens with zero attached hydrogens (tertiary/aromatic N) is 8. The van der Waals surface area contributed by atoms with Crippen LogP contribution in [-0.2, 0) is 9.47 Å². The lowest BCUT2D eigenvalue weighted by molar-refractivity contribution is 0.143. The Morgan fingerprint density at radius 3 is 1.61 bits per heavy atom. The van der Waals surface area contributed by atoms with Crippen LogP contribution in [0.25, 0.3) is 11.4 Å². The molecule has 4 heterocycles. The van der Waals surface area contributed by atoms with Gasteiger partial charge in [-0.3, -0.25) is 0 Å². The summed E-state index contributed by atoms with van der Waals surface area (Å²) in [7, 11) is 3.14. The second-order valence-corrected chi connectivity index (χ2v) is 12.2. The molecular weight excluding hydrogens is 798 g/mol. The first kappa shape index (κ1) is 42.9. The van der Waals surface area contributed by atoms with Gasteiger partial charge in [-0.15, -0.1) is 16.6 Å². The van der Waals surface area contributed by atoms with Crippen LogP contribution in [0.5, 0.6) is 11.8 Å². The summed E-state index contributed by atoms with van der Waals surface area (Å²) in [5, 5.41) is 26.7. The van der Waals surface area contributed by atoms with Crippen molar-refractivity contribution in [3.05, 3.63) is 141 Å². The molecule has 288 valence electrons. The monoisotopic (exact) mass is 832 g/mol. The van der Waals surface area contributed by atoms with E-state index in [1.54, 1.807) is 52.6 Å². The molecule has 57 heavy (non-hydrogen) atoms. The fraction of sp³-hybridized carbons (Fsp3) is 0.190. The standard InChI is InChI=1S/C21H17FN4O2.C16H14FN3O2.C5H4BrN/c1-15-20(7-6-18-5-3-4-8-24-18)21(28-10-9-27-2)25-26(15)19-12-16(14-23)11-17(22)13-19;1-4-15-11(2)20(19-16(15)22-6-5-21-3)14-8-12(10-18)7-13(17)9-14;6-5-3-1-2-4-7-5/h3-5,8,11-13H,9-10H2,1-2H3;1,7-9H,5-6H2,2-3H3;1-4H. The predicted octanol–water partition coefficient (Wildman–Crippen LogP) is 7.05. The van der Waals surface area contributed by atoms with Gasteiger partial charge in [0.25, 0.3) is 0 Å². The number of methoxy groups -OCH3 is 2. The molecule has 2 aromatic carbocycles. The number of ether oxygens (including phenoxy) is 4. The van der Waals surface area contributed by atoms with E-state index in [1.807, 2.05) is 42.5 Å². The topological polar surface area (TPSA) is 146 Å². The third-order valence-electron chi connectivity index (χ3n) is 7.49. The predicted molar refractivity (Wildman–Crippen MR) is 211 cm³/mol. The Morgan fingerprint density at radius 1 is 0.684 bits per heavy atom. The van der Waals surface area contributed by atoms with Crippen molar-refractivity contribution in [1.29, 1.82) is 10.5 Å². The van der Waals surface area contributed by atoms with Crippen molar-refractivity contribution in [2.45, 2.75) is 13.8 Å². The van der Waals surface area contributed by atoms with Gasteiger partial charge in [-0.1, -0.05) is 24.0 Å². The molecule has 0 spiro atoms. The third-order valence-corrected chi connectivity index (χ3v) is 7.96. The smallest absolute Gasteiger partial charge is 0.249 e. The van der Waals surface area contributed by atoms with E-state index in [1.165, 1.54) is 33.6 Å². The van der Waals surface area contributed by atoms with Gasteiger partial charge in [-0.05, 0) is 96.4 Å². The molecule has 0 aliphatic rings. The van der Waals surface area contributed by atoms with E-state index in [9.17, 15) is 8.78 Å². The fourth-order valence-corrected chi connectivity index (χ4v) is 5.11. The minimum absolute atomic E-state index is 0.202. The molecule has 4 aromatic heterocycles.